The van der Waals surface area contributed by atoms with Crippen LogP contribution in [-0.4, -0.2) is 15.0 Å². The minimum absolute atomic E-state index is 0.626. The summed E-state index contributed by atoms with van der Waals surface area (Å²) in [6.07, 6.45) is 4.53. The third-order valence-corrected chi connectivity index (χ3v) is 11.0. The molecule has 2 aliphatic rings. The molecule has 9 aromatic rings. The van der Waals surface area contributed by atoms with Gasteiger partial charge in [-0.05, 0) is 81.8 Å². The lowest BCUT2D eigenvalue weighted by Crippen LogP contribution is -2.30. The second-order valence-corrected chi connectivity index (χ2v) is 14.1. The van der Waals surface area contributed by atoms with E-state index in [-0.39, 0.29) is 0 Å². The molecule has 2 aliphatic carbocycles. The Morgan fingerprint density at radius 2 is 1.08 bits per heavy atom. The SMILES string of the molecule is Cc1cccc(-c2nc(-c3ccccc3)nc(-c3ccc4c(c3)C3(c5ccccc5C=C4)c4ccccc4-c4cc5oc6ccccc6c5cc43)n2)c1. The highest BCUT2D eigenvalue weighted by molar-refractivity contribution is 6.08. The van der Waals surface area contributed by atoms with Gasteiger partial charge in [-0.25, -0.2) is 15.0 Å². The van der Waals surface area contributed by atoms with Crippen LogP contribution in [0.1, 0.15) is 38.9 Å². The molecule has 0 aliphatic heterocycles. The summed E-state index contributed by atoms with van der Waals surface area (Å²) < 4.78 is 6.48. The lowest BCUT2D eigenvalue weighted by molar-refractivity contribution is 0.668. The van der Waals surface area contributed by atoms with Gasteiger partial charge in [-0.2, -0.15) is 0 Å². The number of hydrogen-bond acceptors (Lipinski definition) is 4. The lowest BCUT2D eigenvalue weighted by Gasteiger charge is -2.35. The van der Waals surface area contributed by atoms with Gasteiger partial charge < -0.3 is 4.42 Å². The number of hydrogen-bond donors (Lipinski definition) is 0. The predicted octanol–water partition coefficient (Wildman–Crippen LogP) is 11.9. The molecule has 248 valence electrons. The molecule has 2 aromatic heterocycles. The summed E-state index contributed by atoms with van der Waals surface area (Å²) in [6, 6.07) is 56.0. The van der Waals surface area contributed by atoms with Gasteiger partial charge in [0, 0.05) is 27.5 Å². The second-order valence-electron chi connectivity index (χ2n) is 14.1. The molecule has 7 aromatic carbocycles. The number of para-hydroxylation sites is 1. The topological polar surface area (TPSA) is 51.8 Å². The van der Waals surface area contributed by atoms with Crippen LogP contribution in [0.5, 0.6) is 0 Å². The Morgan fingerprint density at radius 1 is 0.415 bits per heavy atom. The van der Waals surface area contributed by atoms with E-state index < -0.39 is 5.41 Å². The summed E-state index contributed by atoms with van der Waals surface area (Å²) in [5, 5.41) is 2.24. The summed E-state index contributed by atoms with van der Waals surface area (Å²) in [6.45, 7) is 2.10. The smallest absolute Gasteiger partial charge is 0.164 e. The van der Waals surface area contributed by atoms with Gasteiger partial charge in [0.1, 0.15) is 11.2 Å². The zero-order chi connectivity index (χ0) is 35.1. The van der Waals surface area contributed by atoms with Crippen molar-refractivity contribution in [1.82, 2.24) is 15.0 Å². The van der Waals surface area contributed by atoms with E-state index in [2.05, 4.69) is 153 Å². The highest BCUT2D eigenvalue weighted by Crippen LogP contribution is 2.59. The summed E-state index contributed by atoms with van der Waals surface area (Å²) in [4.78, 5) is 15.3. The summed E-state index contributed by atoms with van der Waals surface area (Å²) in [5.74, 6) is 1.93. The molecule has 0 N–H and O–H groups in total. The van der Waals surface area contributed by atoms with Gasteiger partial charge in [0.05, 0.1) is 5.41 Å². The molecule has 0 saturated carbocycles. The van der Waals surface area contributed by atoms with Crippen molar-refractivity contribution in [3.05, 3.63) is 197 Å². The van der Waals surface area contributed by atoms with Crippen LogP contribution in [0.4, 0.5) is 0 Å². The monoisotopic (exact) mass is 677 g/mol. The quantitative estimate of drug-likeness (QED) is 0.187. The molecule has 0 fully saturated rings. The van der Waals surface area contributed by atoms with E-state index in [1.54, 1.807) is 0 Å². The minimum Gasteiger partial charge on any atom is -0.456 e. The van der Waals surface area contributed by atoms with Crippen molar-refractivity contribution in [3.8, 4) is 45.3 Å². The fourth-order valence-electron chi connectivity index (χ4n) is 8.68. The van der Waals surface area contributed by atoms with E-state index in [4.69, 9.17) is 19.4 Å². The van der Waals surface area contributed by atoms with Crippen LogP contribution in [-0.2, 0) is 5.41 Å². The van der Waals surface area contributed by atoms with Gasteiger partial charge in [0.15, 0.2) is 17.5 Å². The van der Waals surface area contributed by atoms with Crippen molar-refractivity contribution in [2.45, 2.75) is 12.3 Å². The Hall–Kier alpha value is -6.91. The van der Waals surface area contributed by atoms with Crippen LogP contribution in [0, 0.1) is 6.92 Å². The summed E-state index contributed by atoms with van der Waals surface area (Å²) >= 11 is 0. The molecule has 11 rings (SSSR count). The molecule has 0 amide bonds. The summed E-state index contributed by atoms with van der Waals surface area (Å²) in [7, 11) is 0. The largest absolute Gasteiger partial charge is 0.456 e. The number of aryl methyl sites for hydroxylation is 1. The third kappa shape index (κ3) is 4.39. The Morgan fingerprint density at radius 3 is 1.91 bits per heavy atom. The maximum Gasteiger partial charge on any atom is 0.164 e. The molecule has 4 nitrogen and oxygen atoms in total. The van der Waals surface area contributed by atoms with E-state index in [9.17, 15) is 0 Å². The zero-order valence-corrected chi connectivity index (χ0v) is 28.9. The first-order valence-corrected chi connectivity index (χ1v) is 18.0. The zero-order valence-electron chi connectivity index (χ0n) is 28.9. The van der Waals surface area contributed by atoms with Gasteiger partial charge >= 0.3 is 0 Å². The van der Waals surface area contributed by atoms with Crippen molar-refractivity contribution in [2.75, 3.05) is 0 Å². The number of furan rings is 1. The average molecular weight is 678 g/mol. The molecule has 1 spiro atoms. The number of fused-ring (bicyclic) bond motifs is 12. The van der Waals surface area contributed by atoms with Gasteiger partial charge in [-0.1, -0.05) is 145 Å². The first kappa shape index (κ1) is 29.8. The summed E-state index contributed by atoms with van der Waals surface area (Å²) in [5.41, 5.74) is 14.8. The number of benzene rings is 7. The standard InChI is InChI=1S/C49H31N3O/c1-30-12-11-16-34(26-30)47-50-46(33-14-3-2-4-15-33)51-48(52-47)35-25-24-32-23-22-31-13-5-8-19-40(31)49(42(32)27-35)41-20-9-6-17-36(41)38-29-45-39(28-43(38)49)37-18-7-10-21-44(37)53-45/h2-29H,1H3. The predicted molar refractivity (Wildman–Crippen MR) is 214 cm³/mol. The molecule has 4 heteroatoms. The van der Waals surface area contributed by atoms with Crippen LogP contribution in [0.2, 0.25) is 0 Å². The third-order valence-electron chi connectivity index (χ3n) is 11.0. The van der Waals surface area contributed by atoms with E-state index in [0.29, 0.717) is 17.5 Å². The van der Waals surface area contributed by atoms with Gasteiger partial charge in [0.2, 0.25) is 0 Å². The van der Waals surface area contributed by atoms with Crippen LogP contribution in [0.15, 0.2) is 162 Å². The number of rotatable bonds is 3. The molecule has 0 saturated heterocycles. The van der Waals surface area contributed by atoms with E-state index in [1.165, 1.54) is 38.9 Å². The van der Waals surface area contributed by atoms with Crippen molar-refractivity contribution >= 4 is 34.1 Å². The van der Waals surface area contributed by atoms with Gasteiger partial charge in [-0.3, -0.25) is 0 Å². The van der Waals surface area contributed by atoms with E-state index in [0.717, 1.165) is 49.8 Å². The first-order valence-electron chi connectivity index (χ1n) is 18.0. The van der Waals surface area contributed by atoms with Crippen molar-refractivity contribution < 1.29 is 4.42 Å². The Kier molecular flexibility index (Phi) is 6.35. The van der Waals surface area contributed by atoms with Crippen LogP contribution in [0.25, 0.3) is 79.4 Å². The number of aromatic nitrogens is 3. The van der Waals surface area contributed by atoms with Gasteiger partial charge in [0.25, 0.3) is 0 Å². The number of nitrogens with zero attached hydrogens (tertiary/aromatic N) is 3. The fraction of sp³-hybridized carbons (Fsp3) is 0.0408. The minimum atomic E-state index is -0.626. The van der Waals surface area contributed by atoms with Crippen LogP contribution < -0.4 is 0 Å². The molecular formula is C49H31N3O. The van der Waals surface area contributed by atoms with Crippen LogP contribution in [0.3, 0.4) is 0 Å². The Bertz CT molecular complexity index is 2980. The highest BCUT2D eigenvalue weighted by Gasteiger charge is 2.49. The maximum absolute atomic E-state index is 6.48. The first-order chi connectivity index (χ1) is 26.1. The van der Waals surface area contributed by atoms with Crippen molar-refractivity contribution in [2.24, 2.45) is 0 Å². The van der Waals surface area contributed by atoms with Crippen molar-refractivity contribution in [1.29, 1.82) is 0 Å². The average Bonchev–Trinajstić information content (AvgIpc) is 3.67. The van der Waals surface area contributed by atoms with E-state index in [1.807, 2.05) is 24.3 Å². The maximum atomic E-state index is 6.48. The molecule has 0 bridgehead atoms. The second kappa shape index (κ2) is 11.3. The molecule has 1 atom stereocenters. The van der Waals surface area contributed by atoms with Crippen molar-refractivity contribution in [3.63, 3.8) is 0 Å². The molecule has 1 unspecified atom stereocenters. The molecule has 53 heavy (non-hydrogen) atoms. The lowest BCUT2D eigenvalue weighted by atomic mass is 9.65. The Balaban J connectivity index is 1.23. The van der Waals surface area contributed by atoms with Crippen LogP contribution >= 0.6 is 0 Å². The molecular weight excluding hydrogens is 647 g/mol. The Labute approximate surface area is 306 Å². The highest BCUT2D eigenvalue weighted by atomic mass is 16.3. The van der Waals surface area contributed by atoms with Gasteiger partial charge in [-0.15, -0.1) is 0 Å². The normalized spacial score (nSPS) is 15.3. The molecule has 0 radical (unpaired) electrons. The molecule has 2 heterocycles. The van der Waals surface area contributed by atoms with E-state index >= 15 is 0 Å². The fourth-order valence-corrected chi connectivity index (χ4v) is 8.68.